The molecule has 0 unspecified atom stereocenters. The fraction of sp³-hybridized carbons (Fsp3) is 0.750. The van der Waals surface area contributed by atoms with Crippen LogP contribution in [0.3, 0.4) is 0 Å². The van der Waals surface area contributed by atoms with Gasteiger partial charge in [-0.15, -0.1) is 0 Å². The van der Waals surface area contributed by atoms with E-state index in [0.29, 0.717) is 18.5 Å². The van der Waals surface area contributed by atoms with Gasteiger partial charge < -0.3 is 19.6 Å². The Hall–Kier alpha value is -1.18. The standard InChI is InChI=1S/C12H20ClN5O2/c1-17(2)11-14-10(13)15-12(16-11)18-5-3-9(4-6-18)20-8-7-19/h9,19H,3-8H2,1-2H3. The second kappa shape index (κ2) is 7.01. The molecule has 0 spiro atoms. The Balaban J connectivity index is 1.99. The van der Waals surface area contributed by atoms with Gasteiger partial charge in [0.25, 0.3) is 0 Å². The SMILES string of the molecule is CN(C)c1nc(Cl)nc(N2CCC(OCCO)CC2)n1. The summed E-state index contributed by atoms with van der Waals surface area (Å²) in [6.45, 7) is 2.08. The lowest BCUT2D eigenvalue weighted by atomic mass is 10.1. The molecule has 8 heteroatoms. The number of ether oxygens (including phenoxy) is 1. The molecule has 1 fully saturated rings. The summed E-state index contributed by atoms with van der Waals surface area (Å²) in [6, 6.07) is 0. The number of halogens is 1. The van der Waals surface area contributed by atoms with Gasteiger partial charge >= 0.3 is 0 Å². The lowest BCUT2D eigenvalue weighted by molar-refractivity contribution is 0.0157. The molecule has 20 heavy (non-hydrogen) atoms. The van der Waals surface area contributed by atoms with Crippen molar-refractivity contribution in [2.24, 2.45) is 0 Å². The predicted molar refractivity (Wildman–Crippen MR) is 77.4 cm³/mol. The van der Waals surface area contributed by atoms with Gasteiger partial charge in [0.15, 0.2) is 0 Å². The molecule has 0 bridgehead atoms. The van der Waals surface area contributed by atoms with Crippen molar-refractivity contribution in [3.05, 3.63) is 5.28 Å². The summed E-state index contributed by atoms with van der Waals surface area (Å²) in [5.41, 5.74) is 0. The van der Waals surface area contributed by atoms with E-state index >= 15 is 0 Å². The maximum Gasteiger partial charge on any atom is 0.231 e. The van der Waals surface area contributed by atoms with Crippen LogP contribution >= 0.6 is 11.6 Å². The molecule has 2 heterocycles. The predicted octanol–water partition coefficient (Wildman–Crippen LogP) is 0.569. The third-order valence-electron chi connectivity index (χ3n) is 3.15. The zero-order valence-corrected chi connectivity index (χ0v) is 12.5. The molecule has 0 atom stereocenters. The van der Waals surface area contributed by atoms with Crippen LogP contribution in [0.1, 0.15) is 12.8 Å². The molecule has 0 aromatic carbocycles. The van der Waals surface area contributed by atoms with Crippen LogP contribution in [-0.2, 0) is 4.74 Å². The van der Waals surface area contributed by atoms with Gasteiger partial charge in [-0.3, -0.25) is 0 Å². The fourth-order valence-corrected chi connectivity index (χ4v) is 2.26. The summed E-state index contributed by atoms with van der Waals surface area (Å²) >= 11 is 5.94. The van der Waals surface area contributed by atoms with E-state index in [-0.39, 0.29) is 18.0 Å². The van der Waals surface area contributed by atoms with Crippen LogP contribution in [0.5, 0.6) is 0 Å². The van der Waals surface area contributed by atoms with Crippen LogP contribution < -0.4 is 9.80 Å². The molecule has 0 radical (unpaired) electrons. The number of aliphatic hydroxyl groups is 1. The quantitative estimate of drug-likeness (QED) is 0.852. The minimum absolute atomic E-state index is 0.0650. The van der Waals surface area contributed by atoms with Gasteiger partial charge in [0, 0.05) is 27.2 Å². The maximum atomic E-state index is 8.76. The van der Waals surface area contributed by atoms with Crippen molar-refractivity contribution >= 4 is 23.5 Å². The number of hydrogen-bond acceptors (Lipinski definition) is 7. The second-order valence-corrected chi connectivity index (χ2v) is 5.22. The van der Waals surface area contributed by atoms with E-state index < -0.39 is 0 Å². The van der Waals surface area contributed by atoms with E-state index in [0.717, 1.165) is 25.9 Å². The van der Waals surface area contributed by atoms with Crippen LogP contribution in [0.25, 0.3) is 0 Å². The van der Waals surface area contributed by atoms with Crippen molar-refractivity contribution in [1.82, 2.24) is 15.0 Å². The Morgan fingerprint density at radius 1 is 1.30 bits per heavy atom. The first-order valence-corrected chi connectivity index (χ1v) is 7.04. The average molecular weight is 302 g/mol. The lowest BCUT2D eigenvalue weighted by Crippen LogP contribution is -2.38. The Morgan fingerprint density at radius 3 is 2.60 bits per heavy atom. The van der Waals surface area contributed by atoms with E-state index in [1.165, 1.54) is 0 Å². The Morgan fingerprint density at radius 2 is 2.00 bits per heavy atom. The third kappa shape index (κ3) is 3.91. The zero-order chi connectivity index (χ0) is 14.5. The highest BCUT2D eigenvalue weighted by atomic mass is 35.5. The third-order valence-corrected chi connectivity index (χ3v) is 3.32. The molecule has 0 saturated carbocycles. The summed E-state index contributed by atoms with van der Waals surface area (Å²) in [4.78, 5) is 16.6. The highest BCUT2D eigenvalue weighted by molar-refractivity contribution is 6.28. The summed E-state index contributed by atoms with van der Waals surface area (Å²) in [6.07, 6.45) is 1.98. The molecule has 0 aliphatic carbocycles. The zero-order valence-electron chi connectivity index (χ0n) is 11.8. The van der Waals surface area contributed by atoms with Crippen molar-refractivity contribution in [3.63, 3.8) is 0 Å². The molecule has 112 valence electrons. The van der Waals surface area contributed by atoms with Crippen LogP contribution in [0.2, 0.25) is 5.28 Å². The molecule has 1 N–H and O–H groups in total. The molecule has 1 aromatic rings. The molecule has 2 rings (SSSR count). The molecule has 1 saturated heterocycles. The Bertz CT molecular complexity index is 438. The summed E-state index contributed by atoms with van der Waals surface area (Å²) in [5, 5.41) is 8.96. The van der Waals surface area contributed by atoms with Crippen molar-refractivity contribution in [2.45, 2.75) is 18.9 Å². The van der Waals surface area contributed by atoms with E-state index in [1.54, 1.807) is 4.90 Å². The topological polar surface area (TPSA) is 74.6 Å². The van der Waals surface area contributed by atoms with Gasteiger partial charge in [-0.05, 0) is 24.4 Å². The number of rotatable bonds is 5. The highest BCUT2D eigenvalue weighted by Gasteiger charge is 2.22. The van der Waals surface area contributed by atoms with E-state index in [2.05, 4.69) is 19.9 Å². The summed E-state index contributed by atoms with van der Waals surface area (Å²) in [5.74, 6) is 1.16. The number of aliphatic hydroxyl groups excluding tert-OH is 1. The summed E-state index contributed by atoms with van der Waals surface area (Å²) in [7, 11) is 3.73. The molecule has 1 aliphatic rings. The molecular weight excluding hydrogens is 282 g/mol. The van der Waals surface area contributed by atoms with Crippen molar-refractivity contribution < 1.29 is 9.84 Å². The molecule has 1 aromatic heterocycles. The minimum atomic E-state index is 0.0650. The number of nitrogens with zero attached hydrogens (tertiary/aromatic N) is 5. The average Bonchev–Trinajstić information content (AvgIpc) is 2.45. The van der Waals surface area contributed by atoms with Gasteiger partial charge in [-0.2, -0.15) is 15.0 Å². The molecule has 7 nitrogen and oxygen atoms in total. The first kappa shape index (κ1) is 15.2. The van der Waals surface area contributed by atoms with Gasteiger partial charge in [0.2, 0.25) is 17.2 Å². The summed E-state index contributed by atoms with van der Waals surface area (Å²) < 4.78 is 5.54. The molecular formula is C12H20ClN5O2. The van der Waals surface area contributed by atoms with Gasteiger partial charge in [0.1, 0.15) is 0 Å². The van der Waals surface area contributed by atoms with E-state index in [1.807, 2.05) is 14.1 Å². The normalized spacial score (nSPS) is 16.5. The van der Waals surface area contributed by atoms with Gasteiger partial charge in [-0.25, -0.2) is 0 Å². The maximum absolute atomic E-state index is 8.76. The number of anilines is 2. The first-order valence-electron chi connectivity index (χ1n) is 6.66. The monoisotopic (exact) mass is 301 g/mol. The van der Waals surface area contributed by atoms with Crippen LogP contribution in [0.4, 0.5) is 11.9 Å². The van der Waals surface area contributed by atoms with Crippen molar-refractivity contribution in [3.8, 4) is 0 Å². The first-order chi connectivity index (χ1) is 9.60. The second-order valence-electron chi connectivity index (χ2n) is 4.88. The number of aromatic nitrogens is 3. The number of hydrogen-bond donors (Lipinski definition) is 1. The minimum Gasteiger partial charge on any atom is -0.394 e. The number of piperidine rings is 1. The highest BCUT2D eigenvalue weighted by Crippen LogP contribution is 2.20. The van der Waals surface area contributed by atoms with Crippen molar-refractivity contribution in [2.75, 3.05) is 50.2 Å². The smallest absolute Gasteiger partial charge is 0.231 e. The van der Waals surface area contributed by atoms with Crippen LogP contribution in [-0.4, -0.2) is 66.6 Å². The van der Waals surface area contributed by atoms with Gasteiger partial charge in [-0.1, -0.05) is 0 Å². The van der Waals surface area contributed by atoms with E-state index in [4.69, 9.17) is 21.4 Å². The Labute approximate surface area is 123 Å². The van der Waals surface area contributed by atoms with Crippen LogP contribution in [0, 0.1) is 0 Å². The lowest BCUT2D eigenvalue weighted by Gasteiger charge is -2.32. The molecule has 0 amide bonds. The fourth-order valence-electron chi connectivity index (χ4n) is 2.11. The van der Waals surface area contributed by atoms with Crippen molar-refractivity contribution in [1.29, 1.82) is 0 Å². The molecule has 1 aliphatic heterocycles. The Kier molecular flexibility index (Phi) is 5.33. The van der Waals surface area contributed by atoms with Gasteiger partial charge in [0.05, 0.1) is 19.3 Å². The largest absolute Gasteiger partial charge is 0.394 e. The van der Waals surface area contributed by atoms with Crippen LogP contribution in [0.15, 0.2) is 0 Å². The van der Waals surface area contributed by atoms with E-state index in [9.17, 15) is 0 Å².